The molecule has 0 aliphatic rings. The Bertz CT molecular complexity index is 3970. The van der Waals surface area contributed by atoms with Crippen LogP contribution in [0.5, 0.6) is 0 Å². The molecule has 1 aromatic heterocycles. The Morgan fingerprint density at radius 3 is 1.56 bits per heavy atom. The van der Waals surface area contributed by atoms with E-state index in [2.05, 4.69) is 264 Å². The summed E-state index contributed by atoms with van der Waals surface area (Å²) in [5, 5.41) is 12.5. The monoisotopic (exact) mass is 838 g/mol. The number of anilines is 3. The van der Waals surface area contributed by atoms with Gasteiger partial charge >= 0.3 is 0 Å². The molecule has 0 spiro atoms. The van der Waals surface area contributed by atoms with E-state index < -0.39 is 0 Å². The first-order chi connectivity index (χ1) is 32.7. The molecule has 0 fully saturated rings. The van der Waals surface area contributed by atoms with Gasteiger partial charge in [0.2, 0.25) is 0 Å². The van der Waals surface area contributed by atoms with Crippen molar-refractivity contribution in [2.24, 2.45) is 0 Å². The summed E-state index contributed by atoms with van der Waals surface area (Å²) in [4.78, 5) is 2.40. The van der Waals surface area contributed by atoms with Crippen molar-refractivity contribution in [3.8, 4) is 39.1 Å². The molecule has 0 saturated carbocycles. The van der Waals surface area contributed by atoms with E-state index in [0.29, 0.717) is 0 Å². The minimum Gasteiger partial charge on any atom is -0.310 e. The highest BCUT2D eigenvalue weighted by Crippen LogP contribution is 2.45. The lowest BCUT2D eigenvalue weighted by Crippen LogP contribution is -2.10. The van der Waals surface area contributed by atoms with E-state index in [0.717, 1.165) is 28.3 Å². The summed E-state index contributed by atoms with van der Waals surface area (Å²) in [5.74, 6) is 0. The van der Waals surface area contributed by atoms with Crippen LogP contribution in [0.3, 0.4) is 0 Å². The van der Waals surface area contributed by atoms with Crippen LogP contribution < -0.4 is 4.90 Å². The van der Waals surface area contributed by atoms with Gasteiger partial charge in [0.1, 0.15) is 0 Å². The number of rotatable bonds is 7. The second kappa shape index (κ2) is 15.5. The van der Waals surface area contributed by atoms with E-state index in [9.17, 15) is 0 Å². The molecule has 0 atom stereocenters. The molecule has 13 rings (SSSR count). The van der Waals surface area contributed by atoms with E-state index in [1.165, 1.54) is 92.7 Å². The topological polar surface area (TPSA) is 8.17 Å². The van der Waals surface area contributed by atoms with Gasteiger partial charge in [0, 0.05) is 38.9 Å². The highest BCUT2D eigenvalue weighted by atomic mass is 15.1. The summed E-state index contributed by atoms with van der Waals surface area (Å²) in [7, 11) is 0. The van der Waals surface area contributed by atoms with Crippen molar-refractivity contribution in [2.45, 2.75) is 0 Å². The van der Waals surface area contributed by atoms with E-state index in [1.54, 1.807) is 0 Å². The van der Waals surface area contributed by atoms with Gasteiger partial charge in [-0.05, 0) is 144 Å². The number of para-hydroxylation sites is 2. The SMILES string of the molecule is c1ccc(-n2c3ccccc3c3c(-c4cccc(N(c5ccc(-c6ccc7ccccc7c6)cc5)c5ccc(-c6ccc7c(ccc8ccccc87)c6)cc5)c4)cc4ccccc4c32)cc1. The number of aromatic nitrogens is 1. The molecule has 0 unspecified atom stereocenters. The predicted molar refractivity (Wildman–Crippen MR) is 282 cm³/mol. The summed E-state index contributed by atoms with van der Waals surface area (Å²) in [6, 6.07) is 93.3. The average Bonchev–Trinajstić information content (AvgIpc) is 3.74. The molecule has 308 valence electrons. The van der Waals surface area contributed by atoms with Crippen LogP contribution in [0, 0.1) is 0 Å². The van der Waals surface area contributed by atoms with E-state index in [1.807, 2.05) is 0 Å². The lowest BCUT2D eigenvalue weighted by Gasteiger charge is -2.26. The van der Waals surface area contributed by atoms with Crippen LogP contribution in [-0.4, -0.2) is 4.57 Å². The van der Waals surface area contributed by atoms with Gasteiger partial charge in [0.05, 0.1) is 11.0 Å². The first-order valence-corrected chi connectivity index (χ1v) is 22.7. The zero-order chi connectivity index (χ0) is 43.6. The Kier molecular flexibility index (Phi) is 8.89. The quantitative estimate of drug-likeness (QED) is 0.145. The van der Waals surface area contributed by atoms with Crippen LogP contribution in [-0.2, 0) is 0 Å². The van der Waals surface area contributed by atoms with Gasteiger partial charge in [-0.15, -0.1) is 0 Å². The molecule has 13 aromatic rings. The van der Waals surface area contributed by atoms with Crippen molar-refractivity contribution in [3.05, 3.63) is 255 Å². The van der Waals surface area contributed by atoms with Gasteiger partial charge in [-0.3, -0.25) is 0 Å². The lowest BCUT2D eigenvalue weighted by atomic mass is 9.94. The first-order valence-electron chi connectivity index (χ1n) is 22.7. The molecular weight excluding hydrogens is 797 g/mol. The molecule has 1 heterocycles. The summed E-state index contributed by atoms with van der Waals surface area (Å²) in [6.45, 7) is 0. The normalized spacial score (nSPS) is 11.6. The number of hydrogen-bond acceptors (Lipinski definition) is 1. The summed E-state index contributed by atoms with van der Waals surface area (Å²) in [6.07, 6.45) is 0. The predicted octanol–water partition coefficient (Wildman–Crippen LogP) is 17.9. The maximum atomic E-state index is 2.45. The molecule has 66 heavy (non-hydrogen) atoms. The van der Waals surface area contributed by atoms with Gasteiger partial charge in [0.25, 0.3) is 0 Å². The molecule has 0 amide bonds. The van der Waals surface area contributed by atoms with E-state index >= 15 is 0 Å². The van der Waals surface area contributed by atoms with Crippen LogP contribution in [0.25, 0.3) is 104 Å². The number of hydrogen-bond donors (Lipinski definition) is 0. The first kappa shape index (κ1) is 37.8. The maximum absolute atomic E-state index is 2.45. The largest absolute Gasteiger partial charge is 0.310 e. The zero-order valence-electron chi connectivity index (χ0n) is 36.1. The molecule has 12 aromatic carbocycles. The van der Waals surface area contributed by atoms with Crippen molar-refractivity contribution in [1.29, 1.82) is 0 Å². The van der Waals surface area contributed by atoms with Gasteiger partial charge in [-0.2, -0.15) is 0 Å². The van der Waals surface area contributed by atoms with E-state index in [-0.39, 0.29) is 0 Å². The fraction of sp³-hybridized carbons (Fsp3) is 0. The summed E-state index contributed by atoms with van der Waals surface area (Å²) >= 11 is 0. The van der Waals surface area contributed by atoms with Gasteiger partial charge in [-0.1, -0.05) is 182 Å². The Morgan fingerprint density at radius 2 is 0.803 bits per heavy atom. The smallest absolute Gasteiger partial charge is 0.0625 e. The Labute approximate surface area is 383 Å². The van der Waals surface area contributed by atoms with Crippen LogP contribution in [0.1, 0.15) is 0 Å². The van der Waals surface area contributed by atoms with Crippen molar-refractivity contribution < 1.29 is 0 Å². The van der Waals surface area contributed by atoms with Crippen molar-refractivity contribution in [3.63, 3.8) is 0 Å². The lowest BCUT2D eigenvalue weighted by molar-refractivity contribution is 1.19. The molecule has 0 bridgehead atoms. The molecule has 0 aliphatic heterocycles. The van der Waals surface area contributed by atoms with Crippen LogP contribution in [0.2, 0.25) is 0 Å². The minimum absolute atomic E-state index is 1.09. The van der Waals surface area contributed by atoms with Crippen molar-refractivity contribution >= 4 is 82.0 Å². The van der Waals surface area contributed by atoms with E-state index in [4.69, 9.17) is 0 Å². The van der Waals surface area contributed by atoms with Crippen LogP contribution in [0.15, 0.2) is 255 Å². The standard InChI is InChI=1S/C64H42N2/c1-2-18-53(19-3-1)66-62-24-11-10-23-60(62)63-61(42-51-16-7-9-22-59(51)64(63)66)50-17-12-20-56(41-50)65(54-34-29-44(30-35-54)48-27-25-43-13-4-5-15-47(43)39-48)55-36-31-45(32-37-55)49-33-38-58-52(40-49)28-26-46-14-6-8-21-57(46)58/h1-42H. The third-order valence-electron chi connectivity index (χ3n) is 13.5. The minimum atomic E-state index is 1.09. The van der Waals surface area contributed by atoms with Crippen molar-refractivity contribution in [2.75, 3.05) is 4.90 Å². The number of benzene rings is 12. The second-order valence-electron chi connectivity index (χ2n) is 17.3. The van der Waals surface area contributed by atoms with Gasteiger partial charge in [0.15, 0.2) is 0 Å². The van der Waals surface area contributed by atoms with Gasteiger partial charge in [-0.25, -0.2) is 0 Å². The van der Waals surface area contributed by atoms with Crippen LogP contribution >= 0.6 is 0 Å². The molecule has 0 N–H and O–H groups in total. The maximum Gasteiger partial charge on any atom is 0.0625 e. The van der Waals surface area contributed by atoms with Crippen molar-refractivity contribution in [1.82, 2.24) is 4.57 Å². The summed E-state index contributed by atoms with van der Waals surface area (Å²) in [5.41, 5.74) is 14.0. The molecule has 0 saturated heterocycles. The molecule has 2 heteroatoms. The van der Waals surface area contributed by atoms with Crippen LogP contribution in [0.4, 0.5) is 17.1 Å². The highest BCUT2D eigenvalue weighted by molar-refractivity contribution is 6.24. The Balaban J connectivity index is 0.964. The Morgan fingerprint density at radius 1 is 0.273 bits per heavy atom. The fourth-order valence-electron chi connectivity index (χ4n) is 10.3. The average molecular weight is 839 g/mol. The summed E-state index contributed by atoms with van der Waals surface area (Å²) < 4.78 is 2.45. The Hall–Kier alpha value is -8.72. The van der Waals surface area contributed by atoms with Gasteiger partial charge < -0.3 is 9.47 Å². The zero-order valence-corrected chi connectivity index (χ0v) is 36.1. The molecular formula is C64H42N2. The molecule has 0 aliphatic carbocycles. The number of nitrogens with zero attached hydrogens (tertiary/aromatic N) is 2. The third kappa shape index (κ3) is 6.34. The third-order valence-corrected chi connectivity index (χ3v) is 13.5. The highest BCUT2D eigenvalue weighted by Gasteiger charge is 2.21. The fourth-order valence-corrected chi connectivity index (χ4v) is 10.3. The second-order valence-corrected chi connectivity index (χ2v) is 17.3. The molecule has 0 radical (unpaired) electrons. The molecule has 2 nitrogen and oxygen atoms in total. The number of fused-ring (bicyclic) bond motifs is 9.